The second-order valence-electron chi connectivity index (χ2n) is 6.41. The van der Waals surface area contributed by atoms with E-state index >= 15 is 0 Å². The van der Waals surface area contributed by atoms with E-state index < -0.39 is 23.4 Å². The zero-order valence-electron chi connectivity index (χ0n) is 15.5. The number of anilines is 2. The van der Waals surface area contributed by atoms with Gasteiger partial charge in [-0.05, 0) is 50.3 Å². The van der Waals surface area contributed by atoms with E-state index in [4.69, 9.17) is 9.84 Å². The Morgan fingerprint density at radius 2 is 1.86 bits per heavy atom. The number of nitrogens with one attached hydrogen (secondary N) is 1. The number of carboxylic acid groups (broad SMARTS) is 1. The Bertz CT molecular complexity index is 954. The van der Waals surface area contributed by atoms with E-state index in [9.17, 15) is 14.4 Å². The fraction of sp³-hybridized carbons (Fsp3) is 0.190. The molecular weight excluding hydrogens is 360 g/mol. The third kappa shape index (κ3) is 3.46. The number of carbonyl (C=O) groups is 3. The highest BCUT2D eigenvalue weighted by Crippen LogP contribution is 2.35. The van der Waals surface area contributed by atoms with Crippen molar-refractivity contribution in [2.75, 3.05) is 16.8 Å². The Morgan fingerprint density at radius 1 is 1.14 bits per heavy atom. The summed E-state index contributed by atoms with van der Waals surface area (Å²) >= 11 is 0. The summed E-state index contributed by atoms with van der Waals surface area (Å²) in [6.45, 7) is 3.49. The lowest BCUT2D eigenvalue weighted by Crippen LogP contribution is -2.51. The fourth-order valence-electron chi connectivity index (χ4n) is 3.10. The molecule has 0 fully saturated rings. The van der Waals surface area contributed by atoms with Gasteiger partial charge in [-0.3, -0.25) is 9.69 Å². The fourth-order valence-corrected chi connectivity index (χ4v) is 3.10. The number of carbonyl (C=O) groups excluding carboxylic acids is 2. The smallest absolute Gasteiger partial charge is 0.336 e. The van der Waals surface area contributed by atoms with Gasteiger partial charge >= 0.3 is 11.9 Å². The van der Waals surface area contributed by atoms with E-state index in [1.807, 2.05) is 6.07 Å². The summed E-state index contributed by atoms with van der Waals surface area (Å²) in [5.74, 6) is -2.04. The predicted octanol–water partition coefficient (Wildman–Crippen LogP) is 3.05. The van der Waals surface area contributed by atoms with Crippen molar-refractivity contribution in [2.45, 2.75) is 19.4 Å². The van der Waals surface area contributed by atoms with E-state index in [-0.39, 0.29) is 17.9 Å². The summed E-state index contributed by atoms with van der Waals surface area (Å²) in [5, 5.41) is 12.1. The van der Waals surface area contributed by atoms with Crippen LogP contribution in [0.15, 0.2) is 66.4 Å². The second-order valence-corrected chi connectivity index (χ2v) is 6.41. The quantitative estimate of drug-likeness (QED) is 0.748. The molecule has 7 nitrogen and oxygen atoms in total. The average molecular weight is 380 g/mol. The molecule has 1 aliphatic rings. The largest absolute Gasteiger partial charge is 0.478 e. The van der Waals surface area contributed by atoms with Crippen LogP contribution in [-0.2, 0) is 14.3 Å². The van der Waals surface area contributed by atoms with Crippen LogP contribution in [0.5, 0.6) is 0 Å². The van der Waals surface area contributed by atoms with Gasteiger partial charge in [-0.2, -0.15) is 0 Å². The lowest BCUT2D eigenvalue weighted by Gasteiger charge is -2.32. The van der Waals surface area contributed by atoms with Crippen molar-refractivity contribution in [3.63, 3.8) is 0 Å². The van der Waals surface area contributed by atoms with E-state index in [1.54, 1.807) is 50.2 Å². The molecule has 28 heavy (non-hydrogen) atoms. The van der Waals surface area contributed by atoms with Gasteiger partial charge in [0.1, 0.15) is 5.70 Å². The van der Waals surface area contributed by atoms with Crippen molar-refractivity contribution in [1.82, 2.24) is 0 Å². The van der Waals surface area contributed by atoms with Gasteiger partial charge in [-0.15, -0.1) is 0 Å². The van der Waals surface area contributed by atoms with Gasteiger partial charge in [-0.1, -0.05) is 24.3 Å². The Balaban J connectivity index is 2.00. The van der Waals surface area contributed by atoms with Gasteiger partial charge in [0.05, 0.1) is 12.2 Å². The van der Waals surface area contributed by atoms with Gasteiger partial charge in [0.25, 0.3) is 5.91 Å². The Morgan fingerprint density at radius 3 is 2.50 bits per heavy atom. The average Bonchev–Trinajstić information content (AvgIpc) is 2.94. The van der Waals surface area contributed by atoms with Crippen LogP contribution in [-0.4, -0.2) is 35.1 Å². The summed E-state index contributed by atoms with van der Waals surface area (Å²) in [4.78, 5) is 38.3. The maximum Gasteiger partial charge on any atom is 0.336 e. The number of para-hydroxylation sites is 1. The Kier molecular flexibility index (Phi) is 5.17. The maximum atomic E-state index is 13.1. The summed E-state index contributed by atoms with van der Waals surface area (Å²) < 4.78 is 5.20. The van der Waals surface area contributed by atoms with Gasteiger partial charge in [0.2, 0.25) is 0 Å². The minimum atomic E-state index is -1.33. The zero-order valence-corrected chi connectivity index (χ0v) is 15.5. The number of ether oxygens (including phenoxy) is 1. The van der Waals surface area contributed by atoms with Gasteiger partial charge in [0.15, 0.2) is 5.54 Å². The zero-order chi connectivity index (χ0) is 20.3. The molecule has 1 amide bonds. The molecule has 1 aliphatic heterocycles. The summed E-state index contributed by atoms with van der Waals surface area (Å²) in [5.41, 5.74) is -0.0941. The predicted molar refractivity (Wildman–Crippen MR) is 104 cm³/mol. The van der Waals surface area contributed by atoms with Crippen molar-refractivity contribution in [3.05, 3.63) is 71.9 Å². The highest BCUT2D eigenvalue weighted by atomic mass is 16.5. The van der Waals surface area contributed by atoms with E-state index in [0.29, 0.717) is 11.4 Å². The van der Waals surface area contributed by atoms with Gasteiger partial charge < -0.3 is 15.2 Å². The van der Waals surface area contributed by atoms with Crippen molar-refractivity contribution in [2.24, 2.45) is 0 Å². The molecule has 0 aromatic heterocycles. The first-order chi connectivity index (χ1) is 13.4. The van der Waals surface area contributed by atoms with E-state index in [2.05, 4.69) is 5.32 Å². The molecule has 2 aromatic rings. The number of esters is 1. The highest BCUT2D eigenvalue weighted by molar-refractivity contribution is 6.16. The summed E-state index contributed by atoms with van der Waals surface area (Å²) in [6, 6.07) is 14.9. The molecule has 7 heteroatoms. The molecule has 0 saturated heterocycles. The molecule has 2 N–H and O–H groups in total. The first-order valence-corrected chi connectivity index (χ1v) is 8.77. The summed E-state index contributed by atoms with van der Waals surface area (Å²) in [6.07, 6.45) is 1.51. The van der Waals surface area contributed by atoms with Crippen molar-refractivity contribution in [1.29, 1.82) is 0 Å². The monoisotopic (exact) mass is 380 g/mol. The van der Waals surface area contributed by atoms with Crippen LogP contribution in [0.2, 0.25) is 0 Å². The lowest BCUT2D eigenvalue weighted by molar-refractivity contribution is -0.147. The molecule has 2 aromatic carbocycles. The highest BCUT2D eigenvalue weighted by Gasteiger charge is 2.49. The van der Waals surface area contributed by atoms with Crippen LogP contribution in [0.4, 0.5) is 11.4 Å². The number of nitrogens with zero attached hydrogens (tertiary/aromatic N) is 1. The molecule has 0 unspecified atom stereocenters. The number of hydrogen-bond acceptors (Lipinski definition) is 5. The number of rotatable bonds is 6. The van der Waals surface area contributed by atoms with Gasteiger partial charge in [0, 0.05) is 11.4 Å². The molecule has 1 heterocycles. The van der Waals surface area contributed by atoms with Crippen LogP contribution >= 0.6 is 0 Å². The van der Waals surface area contributed by atoms with Crippen LogP contribution in [0, 0.1) is 0 Å². The third-order valence-corrected chi connectivity index (χ3v) is 4.42. The molecule has 0 radical (unpaired) electrons. The Labute approximate surface area is 162 Å². The molecule has 144 valence electrons. The molecule has 3 rings (SSSR count). The Hall–Kier alpha value is -3.61. The molecule has 0 saturated carbocycles. The number of amides is 1. The SMILES string of the molecule is CCOC(=O)[C@]1(C)C=C(Nc2cccc(C(=O)O)c2)C(=O)N1c1ccccc1. The molecular formula is C21H20N2O5. The van der Waals surface area contributed by atoms with Crippen LogP contribution in [0.1, 0.15) is 24.2 Å². The standard InChI is InChI=1S/C21H20N2O5/c1-3-28-20(27)21(2)13-17(18(24)23(21)16-10-5-4-6-11-16)22-15-9-7-8-14(12-15)19(25)26/h4-13,22H,3H2,1-2H3,(H,25,26)/t21-/m0/s1. The normalized spacial score (nSPS) is 18.6. The van der Waals surface area contributed by atoms with Gasteiger partial charge in [-0.25, -0.2) is 9.59 Å². The third-order valence-electron chi connectivity index (χ3n) is 4.42. The topological polar surface area (TPSA) is 95.9 Å². The van der Waals surface area contributed by atoms with E-state index in [0.717, 1.165) is 0 Å². The summed E-state index contributed by atoms with van der Waals surface area (Å²) in [7, 11) is 0. The van der Waals surface area contributed by atoms with Crippen molar-refractivity contribution < 1.29 is 24.2 Å². The second kappa shape index (κ2) is 7.56. The number of benzene rings is 2. The molecule has 1 atom stereocenters. The molecule has 0 aliphatic carbocycles. The first kappa shape index (κ1) is 19.2. The lowest BCUT2D eigenvalue weighted by atomic mass is 10.0. The minimum Gasteiger partial charge on any atom is -0.478 e. The minimum absolute atomic E-state index is 0.0871. The van der Waals surface area contributed by atoms with Crippen LogP contribution < -0.4 is 10.2 Å². The number of aromatic carboxylic acids is 1. The number of hydrogen-bond donors (Lipinski definition) is 2. The maximum absolute atomic E-state index is 13.1. The first-order valence-electron chi connectivity index (χ1n) is 8.77. The molecule has 0 spiro atoms. The molecule has 0 bridgehead atoms. The van der Waals surface area contributed by atoms with Crippen molar-refractivity contribution in [3.8, 4) is 0 Å². The van der Waals surface area contributed by atoms with Crippen molar-refractivity contribution >= 4 is 29.2 Å². The van der Waals surface area contributed by atoms with Crippen LogP contribution in [0.3, 0.4) is 0 Å². The van der Waals surface area contributed by atoms with Crippen LogP contribution in [0.25, 0.3) is 0 Å². The number of carboxylic acids is 1. The van der Waals surface area contributed by atoms with E-state index in [1.165, 1.54) is 23.1 Å².